The third-order valence-corrected chi connectivity index (χ3v) is 7.76. The maximum Gasteiger partial charge on any atom is 0.137 e. The van der Waals surface area contributed by atoms with Crippen molar-refractivity contribution in [2.24, 2.45) is 0 Å². The fraction of sp³-hybridized carbons (Fsp3) is 0.222. The van der Waals surface area contributed by atoms with Crippen LogP contribution in [-0.4, -0.2) is 19.0 Å². The Balaban J connectivity index is 2.06. The highest BCUT2D eigenvalue weighted by Gasteiger charge is 2.00. The lowest BCUT2D eigenvalue weighted by Gasteiger charge is -2.05. The van der Waals surface area contributed by atoms with Gasteiger partial charge in [0.2, 0.25) is 0 Å². The Kier molecular flexibility index (Phi) is 5.00. The lowest BCUT2D eigenvalue weighted by Crippen LogP contribution is -2.19. The van der Waals surface area contributed by atoms with E-state index in [0.717, 1.165) is 0 Å². The first-order valence-corrected chi connectivity index (χ1v) is 9.98. The van der Waals surface area contributed by atoms with Crippen LogP contribution in [0.4, 0.5) is 0 Å². The fourth-order valence-electron chi connectivity index (χ4n) is 2.32. The van der Waals surface area contributed by atoms with Crippen molar-refractivity contribution in [3.05, 3.63) is 58.7 Å². The van der Waals surface area contributed by atoms with Crippen LogP contribution in [0.25, 0.3) is 0 Å². The van der Waals surface area contributed by atoms with E-state index in [4.69, 9.17) is 0 Å². The number of aryl methyl sites for hydroxylation is 2. The predicted octanol–water partition coefficient (Wildman–Crippen LogP) is 1.13. The third-order valence-electron chi connectivity index (χ3n) is 4.12. The van der Waals surface area contributed by atoms with Gasteiger partial charge in [0.1, 0.15) is 19.0 Å². The van der Waals surface area contributed by atoms with E-state index in [2.05, 4.69) is 75.2 Å². The van der Waals surface area contributed by atoms with E-state index < -0.39 is 19.0 Å². The van der Waals surface area contributed by atoms with Gasteiger partial charge in [-0.15, -0.1) is 11.1 Å². The van der Waals surface area contributed by atoms with Crippen LogP contribution in [0.1, 0.15) is 22.3 Å². The molecule has 0 atom stereocenters. The van der Waals surface area contributed by atoms with Gasteiger partial charge in [-0.1, -0.05) is 36.4 Å². The quantitative estimate of drug-likeness (QED) is 0.575. The maximum absolute atomic E-state index is 3.52. The average molecular weight is 295 g/mol. The van der Waals surface area contributed by atoms with Crippen molar-refractivity contribution in [1.29, 1.82) is 0 Å². The molecule has 0 aliphatic carbocycles. The molecule has 20 heavy (non-hydrogen) atoms. The molecule has 0 aromatic heterocycles. The van der Waals surface area contributed by atoms with E-state index in [0.29, 0.717) is 0 Å². The molecule has 0 spiro atoms. The van der Waals surface area contributed by atoms with Gasteiger partial charge in [-0.05, 0) is 60.3 Å². The molecule has 2 rings (SSSR count). The molecule has 0 radical (unpaired) electrons. The number of hydrogen-bond donors (Lipinski definition) is 0. The molecular weight excluding hydrogens is 272 g/mol. The Morgan fingerprint density at radius 3 is 1.45 bits per heavy atom. The first-order chi connectivity index (χ1) is 9.59. The van der Waals surface area contributed by atoms with E-state index in [1.807, 2.05) is 0 Å². The summed E-state index contributed by atoms with van der Waals surface area (Å²) in [7, 11) is -0.852. The normalized spacial score (nSPS) is 11.2. The van der Waals surface area contributed by atoms with Gasteiger partial charge in [0.25, 0.3) is 0 Å². The summed E-state index contributed by atoms with van der Waals surface area (Å²) < 4.78 is 0. The van der Waals surface area contributed by atoms with Gasteiger partial charge in [0.15, 0.2) is 0 Å². The Bertz CT molecular complexity index is 618. The molecule has 0 N–H and O–H groups in total. The average Bonchev–Trinajstić information content (AvgIpc) is 2.43. The van der Waals surface area contributed by atoms with Crippen molar-refractivity contribution in [3.8, 4) is 11.1 Å². The van der Waals surface area contributed by atoms with Gasteiger partial charge in [0, 0.05) is 0 Å². The molecular formula is C18H22Si2. The lowest BCUT2D eigenvalue weighted by molar-refractivity contribution is 1.37. The highest BCUT2D eigenvalue weighted by molar-refractivity contribution is 6.67. The van der Waals surface area contributed by atoms with Crippen LogP contribution in [0.15, 0.2) is 36.4 Å². The predicted molar refractivity (Wildman–Crippen MR) is 96.0 cm³/mol. The molecule has 0 aliphatic rings. The van der Waals surface area contributed by atoms with Crippen LogP contribution < -0.4 is 10.4 Å². The summed E-state index contributed by atoms with van der Waals surface area (Å²) in [5.41, 5.74) is 12.7. The van der Waals surface area contributed by atoms with Gasteiger partial charge >= 0.3 is 0 Å². The van der Waals surface area contributed by atoms with Crippen molar-refractivity contribution in [2.75, 3.05) is 0 Å². The number of benzene rings is 2. The first kappa shape index (κ1) is 14.8. The Labute approximate surface area is 127 Å². The van der Waals surface area contributed by atoms with Gasteiger partial charge < -0.3 is 0 Å². The van der Waals surface area contributed by atoms with Crippen LogP contribution >= 0.6 is 0 Å². The highest BCUT2D eigenvalue weighted by Crippen LogP contribution is 2.02. The van der Waals surface area contributed by atoms with E-state index in [1.54, 1.807) is 0 Å². The van der Waals surface area contributed by atoms with Crippen LogP contribution in [0.3, 0.4) is 0 Å². The van der Waals surface area contributed by atoms with E-state index >= 15 is 0 Å². The summed E-state index contributed by atoms with van der Waals surface area (Å²) in [6, 6.07) is 13.2. The van der Waals surface area contributed by atoms with Crippen molar-refractivity contribution >= 4 is 29.4 Å². The minimum absolute atomic E-state index is 0.426. The lowest BCUT2D eigenvalue weighted by atomic mass is 10.1. The van der Waals surface area contributed by atoms with Crippen molar-refractivity contribution in [1.82, 2.24) is 0 Å². The molecule has 0 unspecified atom stereocenters. The van der Waals surface area contributed by atoms with E-state index in [-0.39, 0.29) is 0 Å². The second-order valence-corrected chi connectivity index (χ2v) is 8.36. The molecule has 0 nitrogen and oxygen atoms in total. The van der Waals surface area contributed by atoms with Crippen LogP contribution in [0, 0.1) is 38.8 Å². The Morgan fingerprint density at radius 2 is 1.05 bits per heavy atom. The minimum atomic E-state index is -0.426. The maximum atomic E-state index is 3.52. The SMILES string of the molecule is Cc1cccc([SiH2]C#C[SiH2]c2cccc(C)c2C)c1C. The van der Waals surface area contributed by atoms with Gasteiger partial charge in [-0.3, -0.25) is 0 Å². The molecule has 2 heteroatoms. The first-order valence-electron chi connectivity index (χ1n) is 7.15. The fourth-order valence-corrected chi connectivity index (χ4v) is 5.30. The molecule has 0 bridgehead atoms. The summed E-state index contributed by atoms with van der Waals surface area (Å²) >= 11 is 0. The summed E-state index contributed by atoms with van der Waals surface area (Å²) in [4.78, 5) is 0. The Morgan fingerprint density at radius 1 is 0.650 bits per heavy atom. The van der Waals surface area contributed by atoms with Crippen molar-refractivity contribution in [2.45, 2.75) is 27.7 Å². The smallest absolute Gasteiger partial charge is 0.137 e. The molecule has 0 heterocycles. The summed E-state index contributed by atoms with van der Waals surface area (Å²) in [6.07, 6.45) is 0. The highest BCUT2D eigenvalue weighted by atomic mass is 28.2. The molecule has 0 saturated carbocycles. The zero-order valence-corrected chi connectivity index (χ0v) is 15.7. The van der Waals surface area contributed by atoms with Gasteiger partial charge in [-0.25, -0.2) is 0 Å². The summed E-state index contributed by atoms with van der Waals surface area (Å²) in [6.45, 7) is 8.82. The molecule has 0 saturated heterocycles. The van der Waals surface area contributed by atoms with E-state index in [1.165, 1.54) is 32.6 Å². The second kappa shape index (κ2) is 6.74. The largest absolute Gasteiger partial charge is 0.141 e. The van der Waals surface area contributed by atoms with Crippen LogP contribution in [-0.2, 0) is 0 Å². The molecule has 0 fully saturated rings. The van der Waals surface area contributed by atoms with Gasteiger partial charge in [0.05, 0.1) is 0 Å². The topological polar surface area (TPSA) is 0 Å². The minimum Gasteiger partial charge on any atom is -0.141 e. The summed E-state index contributed by atoms with van der Waals surface area (Å²) in [5.74, 6) is 0. The van der Waals surface area contributed by atoms with E-state index in [9.17, 15) is 0 Å². The number of hydrogen-bond acceptors (Lipinski definition) is 0. The standard InChI is InChI=1S/C18H22Si2/c1-13-7-5-9-17(15(13)3)19-11-12-20-18-10-6-8-14(2)16(18)4/h5-10H,19-20H2,1-4H3. The summed E-state index contributed by atoms with van der Waals surface area (Å²) in [5, 5.41) is 3.01. The molecule has 0 aliphatic heterocycles. The van der Waals surface area contributed by atoms with Crippen LogP contribution in [0.2, 0.25) is 0 Å². The van der Waals surface area contributed by atoms with Crippen molar-refractivity contribution < 1.29 is 0 Å². The zero-order valence-electron chi connectivity index (χ0n) is 12.9. The molecule has 2 aromatic rings. The third kappa shape index (κ3) is 3.50. The van der Waals surface area contributed by atoms with Crippen molar-refractivity contribution in [3.63, 3.8) is 0 Å². The second-order valence-electron chi connectivity index (χ2n) is 5.43. The molecule has 0 amide bonds. The van der Waals surface area contributed by atoms with Crippen LogP contribution in [0.5, 0.6) is 0 Å². The van der Waals surface area contributed by atoms with Gasteiger partial charge in [-0.2, -0.15) is 0 Å². The molecule has 102 valence electrons. The molecule has 2 aromatic carbocycles. The number of rotatable bonds is 2. The Hall–Kier alpha value is -1.57. The monoisotopic (exact) mass is 294 g/mol. The zero-order chi connectivity index (χ0) is 14.5.